The second-order valence-electron chi connectivity index (χ2n) is 4.42. The highest BCUT2D eigenvalue weighted by molar-refractivity contribution is 6.28. The highest BCUT2D eigenvalue weighted by Crippen LogP contribution is 2.33. The zero-order valence-electron chi connectivity index (χ0n) is 8.92. The van der Waals surface area contributed by atoms with Gasteiger partial charge in [0.1, 0.15) is 5.76 Å². The molecular formula is C12H18ClNO. The fourth-order valence-corrected chi connectivity index (χ4v) is 2.56. The minimum Gasteiger partial charge on any atom is -0.448 e. The Kier molecular flexibility index (Phi) is 3.71. The summed E-state index contributed by atoms with van der Waals surface area (Å²) in [5.74, 6) is 1.40. The normalized spacial score (nSPS) is 21.2. The van der Waals surface area contributed by atoms with E-state index in [-0.39, 0.29) is 6.04 Å². The van der Waals surface area contributed by atoms with Gasteiger partial charge < -0.3 is 10.2 Å². The summed E-state index contributed by atoms with van der Waals surface area (Å²) in [6, 6.07) is 3.70. The van der Waals surface area contributed by atoms with E-state index in [0.29, 0.717) is 11.1 Å². The third-order valence-electron chi connectivity index (χ3n) is 3.33. The summed E-state index contributed by atoms with van der Waals surface area (Å²) >= 11 is 5.75. The fraction of sp³-hybridized carbons (Fsp3) is 0.667. The van der Waals surface area contributed by atoms with Crippen molar-refractivity contribution in [3.63, 3.8) is 0 Å². The monoisotopic (exact) mass is 227 g/mol. The van der Waals surface area contributed by atoms with E-state index in [9.17, 15) is 0 Å². The lowest BCUT2D eigenvalue weighted by atomic mass is 9.91. The van der Waals surface area contributed by atoms with Crippen LogP contribution < -0.4 is 5.73 Å². The Labute approximate surface area is 95.8 Å². The number of halogens is 1. The van der Waals surface area contributed by atoms with Crippen LogP contribution in [0.25, 0.3) is 0 Å². The first-order valence-corrected chi connectivity index (χ1v) is 6.16. The molecule has 0 amide bonds. The molecule has 0 aromatic carbocycles. The largest absolute Gasteiger partial charge is 0.448 e. The molecule has 0 saturated heterocycles. The van der Waals surface area contributed by atoms with Gasteiger partial charge in [-0.25, -0.2) is 0 Å². The van der Waals surface area contributed by atoms with Crippen molar-refractivity contribution in [1.29, 1.82) is 0 Å². The van der Waals surface area contributed by atoms with Crippen molar-refractivity contribution in [3.8, 4) is 0 Å². The van der Waals surface area contributed by atoms with Gasteiger partial charge in [-0.3, -0.25) is 0 Å². The summed E-state index contributed by atoms with van der Waals surface area (Å²) in [7, 11) is 0. The van der Waals surface area contributed by atoms with E-state index in [0.717, 1.165) is 5.76 Å². The molecule has 0 bridgehead atoms. The topological polar surface area (TPSA) is 39.2 Å². The van der Waals surface area contributed by atoms with E-state index in [2.05, 4.69) is 0 Å². The number of rotatable bonds is 2. The van der Waals surface area contributed by atoms with E-state index < -0.39 is 0 Å². The van der Waals surface area contributed by atoms with Crippen LogP contribution >= 0.6 is 11.6 Å². The van der Waals surface area contributed by atoms with Gasteiger partial charge in [-0.2, -0.15) is 0 Å². The number of nitrogens with two attached hydrogens (primary N) is 1. The van der Waals surface area contributed by atoms with Crippen molar-refractivity contribution in [1.82, 2.24) is 0 Å². The molecule has 3 heteroatoms. The first-order valence-electron chi connectivity index (χ1n) is 5.78. The first kappa shape index (κ1) is 11.0. The van der Waals surface area contributed by atoms with E-state index in [4.69, 9.17) is 21.8 Å². The van der Waals surface area contributed by atoms with Crippen LogP contribution in [0.4, 0.5) is 0 Å². The van der Waals surface area contributed by atoms with Crippen LogP contribution in [0.2, 0.25) is 5.22 Å². The van der Waals surface area contributed by atoms with Gasteiger partial charge in [-0.15, -0.1) is 0 Å². The third kappa shape index (κ3) is 2.76. The Balaban J connectivity index is 2.02. The molecule has 0 radical (unpaired) electrons. The van der Waals surface area contributed by atoms with Gasteiger partial charge in [0.15, 0.2) is 5.22 Å². The molecule has 1 aromatic rings. The smallest absolute Gasteiger partial charge is 0.193 e. The van der Waals surface area contributed by atoms with Gasteiger partial charge in [0.05, 0.1) is 6.04 Å². The average Bonchev–Trinajstić information content (AvgIpc) is 2.53. The van der Waals surface area contributed by atoms with Crippen molar-refractivity contribution < 1.29 is 4.42 Å². The second-order valence-corrected chi connectivity index (χ2v) is 4.79. The number of hydrogen-bond acceptors (Lipinski definition) is 2. The lowest BCUT2D eigenvalue weighted by molar-refractivity contribution is 0.333. The summed E-state index contributed by atoms with van der Waals surface area (Å²) in [6.45, 7) is 0. The van der Waals surface area contributed by atoms with E-state index >= 15 is 0 Å². The Morgan fingerprint density at radius 1 is 1.20 bits per heavy atom. The van der Waals surface area contributed by atoms with Crippen molar-refractivity contribution in [2.75, 3.05) is 0 Å². The summed E-state index contributed by atoms with van der Waals surface area (Å²) < 4.78 is 5.38. The number of hydrogen-bond donors (Lipinski definition) is 1. The van der Waals surface area contributed by atoms with Crippen LogP contribution in [0, 0.1) is 5.92 Å². The van der Waals surface area contributed by atoms with Gasteiger partial charge in [0, 0.05) is 0 Å². The van der Waals surface area contributed by atoms with Crippen molar-refractivity contribution in [2.45, 2.75) is 44.6 Å². The molecule has 1 aliphatic rings. The van der Waals surface area contributed by atoms with Gasteiger partial charge in [0.2, 0.25) is 0 Å². The molecule has 1 saturated carbocycles. The van der Waals surface area contributed by atoms with Crippen LogP contribution in [0.15, 0.2) is 16.5 Å². The summed E-state index contributed by atoms with van der Waals surface area (Å²) in [5.41, 5.74) is 6.20. The predicted octanol–water partition coefficient (Wildman–Crippen LogP) is 3.90. The molecule has 1 aliphatic carbocycles. The SMILES string of the molecule is NC(c1ccc(Cl)o1)C1CCCCCC1. The quantitative estimate of drug-likeness (QED) is 0.779. The molecule has 15 heavy (non-hydrogen) atoms. The average molecular weight is 228 g/mol. The molecule has 1 atom stereocenters. The van der Waals surface area contributed by atoms with Crippen LogP contribution in [0.3, 0.4) is 0 Å². The zero-order chi connectivity index (χ0) is 10.7. The fourth-order valence-electron chi connectivity index (χ4n) is 2.41. The molecule has 84 valence electrons. The molecule has 0 aliphatic heterocycles. The molecule has 2 nitrogen and oxygen atoms in total. The minimum atomic E-state index is 0.0237. The Bertz CT molecular complexity index is 302. The molecule has 1 aromatic heterocycles. The van der Waals surface area contributed by atoms with Crippen molar-refractivity contribution >= 4 is 11.6 Å². The van der Waals surface area contributed by atoms with E-state index in [1.807, 2.05) is 6.07 Å². The molecule has 0 spiro atoms. The molecule has 2 N–H and O–H groups in total. The highest BCUT2D eigenvalue weighted by Gasteiger charge is 2.23. The summed E-state index contributed by atoms with van der Waals surface area (Å²) in [4.78, 5) is 0. The van der Waals surface area contributed by atoms with Crippen LogP contribution in [-0.2, 0) is 0 Å². The third-order valence-corrected chi connectivity index (χ3v) is 3.53. The van der Waals surface area contributed by atoms with Gasteiger partial charge in [-0.05, 0) is 42.5 Å². The Morgan fingerprint density at radius 2 is 1.87 bits per heavy atom. The maximum Gasteiger partial charge on any atom is 0.193 e. The lowest BCUT2D eigenvalue weighted by Crippen LogP contribution is -2.20. The molecule has 2 rings (SSSR count). The maximum atomic E-state index is 6.20. The highest BCUT2D eigenvalue weighted by atomic mass is 35.5. The second kappa shape index (κ2) is 5.04. The van der Waals surface area contributed by atoms with Crippen LogP contribution in [0.5, 0.6) is 0 Å². The van der Waals surface area contributed by atoms with Gasteiger partial charge >= 0.3 is 0 Å². The minimum absolute atomic E-state index is 0.0237. The molecule has 1 heterocycles. The predicted molar refractivity (Wildman–Crippen MR) is 61.8 cm³/mol. The summed E-state index contributed by atoms with van der Waals surface area (Å²) in [6.07, 6.45) is 7.74. The molecular weight excluding hydrogens is 210 g/mol. The van der Waals surface area contributed by atoms with E-state index in [1.165, 1.54) is 38.5 Å². The standard InChI is InChI=1S/C12H18ClNO/c13-11-8-7-10(15-11)12(14)9-5-3-1-2-4-6-9/h7-9,12H,1-6,14H2. The maximum absolute atomic E-state index is 6.20. The van der Waals surface area contributed by atoms with Crippen LogP contribution in [0.1, 0.15) is 50.3 Å². The molecule has 1 unspecified atom stereocenters. The molecule has 1 fully saturated rings. The zero-order valence-corrected chi connectivity index (χ0v) is 9.67. The van der Waals surface area contributed by atoms with Crippen LogP contribution in [-0.4, -0.2) is 0 Å². The summed E-state index contributed by atoms with van der Waals surface area (Å²) in [5, 5.41) is 0.439. The lowest BCUT2D eigenvalue weighted by Gasteiger charge is -2.20. The first-order chi connectivity index (χ1) is 7.27. The van der Waals surface area contributed by atoms with Gasteiger partial charge in [-0.1, -0.05) is 25.7 Å². The Morgan fingerprint density at radius 3 is 2.40 bits per heavy atom. The van der Waals surface area contributed by atoms with Crippen molar-refractivity contribution in [3.05, 3.63) is 23.1 Å². The van der Waals surface area contributed by atoms with Gasteiger partial charge in [0.25, 0.3) is 0 Å². The Hall–Kier alpha value is -0.470. The van der Waals surface area contributed by atoms with E-state index in [1.54, 1.807) is 6.07 Å². The number of furan rings is 1. The van der Waals surface area contributed by atoms with Crippen molar-refractivity contribution in [2.24, 2.45) is 11.7 Å².